The van der Waals surface area contributed by atoms with Gasteiger partial charge in [-0.05, 0) is 73.0 Å². The lowest BCUT2D eigenvalue weighted by molar-refractivity contribution is 0.0947. The number of hydrogen-bond acceptors (Lipinski definition) is 5. The smallest absolute Gasteiger partial charge is 0.251 e. The molecule has 35 heavy (non-hydrogen) atoms. The minimum Gasteiger partial charge on any atom is -0.494 e. The molecule has 0 atom stereocenters. The van der Waals surface area contributed by atoms with Gasteiger partial charge >= 0.3 is 0 Å². The molecule has 1 N–H and O–H groups in total. The molecule has 0 aliphatic heterocycles. The Balaban J connectivity index is 1.55. The molecule has 3 aromatic rings. The number of nitrogens with zero attached hydrogens (tertiary/aromatic N) is 1. The van der Waals surface area contributed by atoms with Crippen LogP contribution >= 0.6 is 0 Å². The van der Waals surface area contributed by atoms with Crippen molar-refractivity contribution < 1.29 is 22.7 Å². The Morgan fingerprint density at radius 2 is 1.40 bits per heavy atom. The van der Waals surface area contributed by atoms with E-state index in [1.807, 2.05) is 31.2 Å². The quantitative estimate of drug-likeness (QED) is 0.375. The minimum absolute atomic E-state index is 0.152. The fourth-order valence-corrected chi connectivity index (χ4v) is 4.35. The Labute approximate surface area is 207 Å². The highest BCUT2D eigenvalue weighted by Crippen LogP contribution is 2.24. The third kappa shape index (κ3) is 7.75. The summed E-state index contributed by atoms with van der Waals surface area (Å²) >= 11 is 0. The number of aryl methyl sites for hydroxylation is 1. The largest absolute Gasteiger partial charge is 0.494 e. The van der Waals surface area contributed by atoms with E-state index in [1.54, 1.807) is 48.5 Å². The normalized spacial score (nSPS) is 11.1. The Morgan fingerprint density at radius 1 is 0.829 bits per heavy atom. The molecule has 0 bridgehead atoms. The summed E-state index contributed by atoms with van der Waals surface area (Å²) in [5, 5.41) is 2.84. The van der Waals surface area contributed by atoms with E-state index in [-0.39, 0.29) is 12.5 Å². The van der Waals surface area contributed by atoms with E-state index < -0.39 is 10.0 Å². The van der Waals surface area contributed by atoms with Gasteiger partial charge < -0.3 is 14.8 Å². The molecule has 0 spiro atoms. The summed E-state index contributed by atoms with van der Waals surface area (Å²) in [4.78, 5) is 12.5. The van der Waals surface area contributed by atoms with Gasteiger partial charge in [0.25, 0.3) is 5.91 Å². The number of sulfonamides is 1. The highest BCUT2D eigenvalue weighted by atomic mass is 32.2. The Kier molecular flexibility index (Phi) is 9.14. The molecule has 8 heteroatoms. The molecule has 1 amide bonds. The van der Waals surface area contributed by atoms with Crippen molar-refractivity contribution in [2.75, 3.05) is 30.3 Å². The monoisotopic (exact) mass is 496 g/mol. The van der Waals surface area contributed by atoms with E-state index in [2.05, 4.69) is 12.2 Å². The topological polar surface area (TPSA) is 84.9 Å². The number of carbonyl (C=O) groups is 1. The second-order valence-electron chi connectivity index (χ2n) is 8.00. The standard InChI is InChI=1S/C27H32N2O5S/c1-4-21-8-14-26(15-9-21)34-19-18-28-27(30)23-10-6-22(7-11-23)20-29(35(3,31)32)24-12-16-25(17-13-24)33-5-2/h6-17H,4-5,18-20H2,1-3H3,(H,28,30). The minimum atomic E-state index is -3.51. The van der Waals surface area contributed by atoms with Crippen molar-refractivity contribution in [2.24, 2.45) is 0 Å². The van der Waals surface area contributed by atoms with Crippen LogP contribution in [0.4, 0.5) is 5.69 Å². The maximum Gasteiger partial charge on any atom is 0.251 e. The van der Waals surface area contributed by atoms with Crippen LogP contribution in [0.2, 0.25) is 0 Å². The van der Waals surface area contributed by atoms with Crippen molar-refractivity contribution in [3.8, 4) is 11.5 Å². The fraction of sp³-hybridized carbons (Fsp3) is 0.296. The first-order valence-corrected chi connectivity index (χ1v) is 13.4. The van der Waals surface area contributed by atoms with Gasteiger partial charge in [0.1, 0.15) is 18.1 Å². The van der Waals surface area contributed by atoms with Gasteiger partial charge in [-0.25, -0.2) is 8.42 Å². The number of hydrogen-bond donors (Lipinski definition) is 1. The van der Waals surface area contributed by atoms with E-state index >= 15 is 0 Å². The summed E-state index contributed by atoms with van der Waals surface area (Å²) in [5.74, 6) is 1.23. The second kappa shape index (κ2) is 12.3. The van der Waals surface area contributed by atoms with Gasteiger partial charge in [0, 0.05) is 5.56 Å². The molecule has 3 rings (SSSR count). The van der Waals surface area contributed by atoms with Crippen molar-refractivity contribution >= 4 is 21.6 Å². The van der Waals surface area contributed by atoms with Crippen LogP contribution in [-0.4, -0.2) is 40.3 Å². The molecule has 0 aliphatic carbocycles. The van der Waals surface area contributed by atoms with Crippen molar-refractivity contribution in [1.82, 2.24) is 5.32 Å². The van der Waals surface area contributed by atoms with E-state index in [0.29, 0.717) is 36.8 Å². The van der Waals surface area contributed by atoms with Crippen molar-refractivity contribution in [2.45, 2.75) is 26.8 Å². The van der Waals surface area contributed by atoms with Crippen molar-refractivity contribution in [3.63, 3.8) is 0 Å². The number of carbonyl (C=O) groups excluding carboxylic acids is 1. The van der Waals surface area contributed by atoms with Gasteiger partial charge in [-0.3, -0.25) is 9.10 Å². The first-order valence-electron chi connectivity index (χ1n) is 11.6. The van der Waals surface area contributed by atoms with Gasteiger partial charge in [-0.1, -0.05) is 31.2 Å². The number of nitrogens with one attached hydrogen (secondary N) is 1. The van der Waals surface area contributed by atoms with Gasteiger partial charge in [0.15, 0.2) is 0 Å². The fourth-order valence-electron chi connectivity index (χ4n) is 3.46. The van der Waals surface area contributed by atoms with Crippen molar-refractivity contribution in [3.05, 3.63) is 89.5 Å². The molecule has 0 heterocycles. The summed E-state index contributed by atoms with van der Waals surface area (Å²) in [6.07, 6.45) is 2.15. The third-order valence-electron chi connectivity index (χ3n) is 5.37. The van der Waals surface area contributed by atoms with Crippen LogP contribution in [-0.2, 0) is 23.0 Å². The zero-order valence-corrected chi connectivity index (χ0v) is 21.2. The predicted molar refractivity (Wildman–Crippen MR) is 139 cm³/mol. The zero-order valence-electron chi connectivity index (χ0n) is 20.4. The maximum atomic E-state index is 12.5. The summed E-state index contributed by atoms with van der Waals surface area (Å²) in [6.45, 7) is 5.41. The first-order chi connectivity index (χ1) is 16.8. The average Bonchev–Trinajstić information content (AvgIpc) is 2.86. The van der Waals surface area contributed by atoms with Crippen LogP contribution < -0.4 is 19.1 Å². The van der Waals surface area contributed by atoms with Gasteiger partial charge in [0.2, 0.25) is 10.0 Å². The lowest BCUT2D eigenvalue weighted by Crippen LogP contribution is -2.29. The first kappa shape index (κ1) is 26.1. The summed E-state index contributed by atoms with van der Waals surface area (Å²) in [6, 6.07) is 21.7. The number of anilines is 1. The lowest BCUT2D eigenvalue weighted by Gasteiger charge is -2.23. The van der Waals surface area contributed by atoms with E-state index in [4.69, 9.17) is 9.47 Å². The average molecular weight is 497 g/mol. The Morgan fingerprint density at radius 3 is 1.97 bits per heavy atom. The molecule has 3 aromatic carbocycles. The summed E-state index contributed by atoms with van der Waals surface area (Å²) < 4.78 is 37.3. The van der Waals surface area contributed by atoms with Crippen LogP contribution in [0.5, 0.6) is 11.5 Å². The van der Waals surface area contributed by atoms with Crippen LogP contribution in [0, 0.1) is 0 Å². The zero-order chi connectivity index (χ0) is 25.3. The number of ether oxygens (including phenoxy) is 2. The summed E-state index contributed by atoms with van der Waals surface area (Å²) in [5.41, 5.74) is 3.04. The molecule has 186 valence electrons. The molecule has 7 nitrogen and oxygen atoms in total. The molecule has 0 aromatic heterocycles. The third-order valence-corrected chi connectivity index (χ3v) is 6.51. The lowest BCUT2D eigenvalue weighted by atomic mass is 10.1. The number of amides is 1. The molecule has 0 aliphatic rings. The maximum absolute atomic E-state index is 12.5. The van der Waals surface area contributed by atoms with Gasteiger partial charge in [-0.2, -0.15) is 0 Å². The van der Waals surface area contributed by atoms with E-state index in [0.717, 1.165) is 17.7 Å². The van der Waals surface area contributed by atoms with Gasteiger partial charge in [0.05, 0.1) is 31.6 Å². The van der Waals surface area contributed by atoms with Crippen LogP contribution in [0.15, 0.2) is 72.8 Å². The molecule has 0 saturated heterocycles. The Bertz CT molecular complexity index is 1190. The molecule has 0 radical (unpaired) electrons. The molecule has 0 fully saturated rings. The van der Waals surface area contributed by atoms with E-state index in [1.165, 1.54) is 16.1 Å². The SMILES string of the molecule is CCOc1ccc(N(Cc2ccc(C(=O)NCCOc3ccc(CC)cc3)cc2)S(C)(=O)=O)cc1. The van der Waals surface area contributed by atoms with Crippen LogP contribution in [0.1, 0.15) is 35.3 Å². The molecule has 0 saturated carbocycles. The molecular weight excluding hydrogens is 464 g/mol. The predicted octanol–water partition coefficient (Wildman–Crippen LogP) is 4.42. The van der Waals surface area contributed by atoms with Crippen LogP contribution in [0.25, 0.3) is 0 Å². The second-order valence-corrected chi connectivity index (χ2v) is 9.90. The van der Waals surface area contributed by atoms with Crippen LogP contribution in [0.3, 0.4) is 0 Å². The summed E-state index contributed by atoms with van der Waals surface area (Å²) in [7, 11) is -3.51. The Hall–Kier alpha value is -3.52. The van der Waals surface area contributed by atoms with Gasteiger partial charge in [-0.15, -0.1) is 0 Å². The highest BCUT2D eigenvalue weighted by Gasteiger charge is 2.18. The highest BCUT2D eigenvalue weighted by molar-refractivity contribution is 7.92. The number of benzene rings is 3. The van der Waals surface area contributed by atoms with E-state index in [9.17, 15) is 13.2 Å². The molecular formula is C27H32N2O5S. The number of rotatable bonds is 12. The molecule has 0 unspecified atom stereocenters. The van der Waals surface area contributed by atoms with Crippen molar-refractivity contribution in [1.29, 1.82) is 0 Å².